The van der Waals surface area contributed by atoms with Gasteiger partial charge in [-0.15, -0.1) is 0 Å². The van der Waals surface area contributed by atoms with Crippen molar-refractivity contribution in [1.82, 2.24) is 9.97 Å². The van der Waals surface area contributed by atoms with Crippen LogP contribution in [0.2, 0.25) is 0 Å². The molecule has 0 fully saturated rings. The Morgan fingerprint density at radius 3 is 1.97 bits per heavy atom. The summed E-state index contributed by atoms with van der Waals surface area (Å²) in [7, 11) is 0. The summed E-state index contributed by atoms with van der Waals surface area (Å²) >= 11 is 3.38. The minimum absolute atomic E-state index is 0.192. The van der Waals surface area contributed by atoms with Gasteiger partial charge in [0, 0.05) is 23.2 Å². The largest absolute Gasteiger partial charge is 0.354 e. The molecule has 3 aromatic rings. The molecule has 2 aromatic carbocycles. The Kier molecular flexibility index (Phi) is 5.87. The lowest BCUT2D eigenvalue weighted by Crippen LogP contribution is -2.24. The van der Waals surface area contributed by atoms with Crippen LogP contribution in [0.15, 0.2) is 40.9 Å². The summed E-state index contributed by atoms with van der Waals surface area (Å²) in [6, 6.07) is 9.60. The molecular weight excluding hydrogens is 444 g/mol. The van der Waals surface area contributed by atoms with Crippen LogP contribution in [-0.4, -0.2) is 32.9 Å². The molecule has 11 heteroatoms. The number of nitrogens with zero attached hydrogens (tertiary/aromatic N) is 5. The number of anilines is 3. The quantitative estimate of drug-likeness (QED) is 0.393. The Bertz CT molecular complexity index is 1090. The van der Waals surface area contributed by atoms with E-state index in [9.17, 15) is 20.2 Å². The van der Waals surface area contributed by atoms with Crippen molar-refractivity contribution >= 4 is 55.7 Å². The molecule has 0 amide bonds. The molecule has 3 rings (SSSR count). The third-order valence-electron chi connectivity index (χ3n) is 4.31. The molecule has 0 aliphatic carbocycles. The van der Waals surface area contributed by atoms with E-state index in [0.29, 0.717) is 24.7 Å². The normalized spacial score (nSPS) is 10.7. The minimum atomic E-state index is -0.792. The molecule has 29 heavy (non-hydrogen) atoms. The van der Waals surface area contributed by atoms with E-state index in [1.165, 1.54) is 0 Å². The van der Waals surface area contributed by atoms with E-state index in [2.05, 4.69) is 31.2 Å². The number of aromatic nitrogens is 2. The fourth-order valence-corrected chi connectivity index (χ4v) is 3.13. The molecule has 1 N–H and O–H groups in total. The first kappa shape index (κ1) is 20.4. The lowest BCUT2D eigenvalue weighted by atomic mass is 10.2. The van der Waals surface area contributed by atoms with Crippen molar-refractivity contribution in [1.29, 1.82) is 0 Å². The maximum Gasteiger partial charge on any atom is 0.348 e. The van der Waals surface area contributed by atoms with Crippen molar-refractivity contribution in [2.24, 2.45) is 0 Å². The van der Waals surface area contributed by atoms with Crippen molar-refractivity contribution in [3.8, 4) is 0 Å². The number of benzene rings is 2. The van der Waals surface area contributed by atoms with Crippen molar-refractivity contribution in [3.63, 3.8) is 0 Å². The van der Waals surface area contributed by atoms with E-state index in [1.807, 2.05) is 43.0 Å². The first-order chi connectivity index (χ1) is 13.8. The molecule has 150 valence electrons. The molecule has 0 saturated carbocycles. The monoisotopic (exact) mass is 460 g/mol. The van der Waals surface area contributed by atoms with Gasteiger partial charge in [0.05, 0.1) is 33.0 Å². The molecule has 0 spiro atoms. The van der Waals surface area contributed by atoms with Crippen LogP contribution in [0.5, 0.6) is 0 Å². The van der Waals surface area contributed by atoms with Crippen LogP contribution in [0.3, 0.4) is 0 Å². The van der Waals surface area contributed by atoms with Gasteiger partial charge in [0.1, 0.15) is 0 Å². The molecule has 0 radical (unpaired) electrons. The molecule has 0 aliphatic heterocycles. The van der Waals surface area contributed by atoms with Crippen LogP contribution < -0.4 is 10.2 Å². The van der Waals surface area contributed by atoms with Crippen molar-refractivity contribution in [2.45, 2.75) is 13.8 Å². The van der Waals surface area contributed by atoms with Crippen LogP contribution in [-0.2, 0) is 0 Å². The van der Waals surface area contributed by atoms with Gasteiger partial charge in [0.2, 0.25) is 0 Å². The Hall–Kier alpha value is -3.34. The van der Waals surface area contributed by atoms with Crippen molar-refractivity contribution in [2.75, 3.05) is 23.3 Å². The van der Waals surface area contributed by atoms with Crippen LogP contribution in [0.25, 0.3) is 11.0 Å². The molecule has 0 saturated heterocycles. The van der Waals surface area contributed by atoms with Gasteiger partial charge in [-0.05, 0) is 38.1 Å². The average Bonchev–Trinajstić information content (AvgIpc) is 2.69. The summed E-state index contributed by atoms with van der Waals surface area (Å²) in [4.78, 5) is 31.9. The van der Waals surface area contributed by atoms with Crippen LogP contribution in [0, 0.1) is 20.2 Å². The summed E-state index contributed by atoms with van der Waals surface area (Å²) in [6.07, 6.45) is 0. The smallest absolute Gasteiger partial charge is 0.348 e. The van der Waals surface area contributed by atoms with Crippen molar-refractivity contribution < 1.29 is 9.85 Å². The molecule has 10 nitrogen and oxygen atoms in total. The first-order valence-corrected chi connectivity index (χ1v) is 9.55. The maximum absolute atomic E-state index is 11.3. The third-order valence-corrected chi connectivity index (χ3v) is 4.83. The number of rotatable bonds is 7. The number of nitro benzene ring substituents is 2. The van der Waals surface area contributed by atoms with E-state index in [4.69, 9.17) is 0 Å². The maximum atomic E-state index is 11.3. The zero-order valence-electron chi connectivity index (χ0n) is 15.6. The number of hydrogen-bond donors (Lipinski definition) is 1. The number of hydrogen-bond acceptors (Lipinski definition) is 8. The molecule has 0 bridgehead atoms. The van der Waals surface area contributed by atoms with E-state index in [1.54, 1.807) is 0 Å². The summed E-state index contributed by atoms with van der Waals surface area (Å²) in [5.74, 6) is 0.917. The highest BCUT2D eigenvalue weighted by Gasteiger charge is 2.27. The second-order valence-corrected chi connectivity index (χ2v) is 6.96. The lowest BCUT2D eigenvalue weighted by Gasteiger charge is -2.23. The summed E-state index contributed by atoms with van der Waals surface area (Å²) in [5.41, 5.74) is -0.0760. The van der Waals surface area contributed by atoms with Gasteiger partial charge >= 0.3 is 11.4 Å². The van der Waals surface area contributed by atoms with Gasteiger partial charge in [-0.1, -0.05) is 15.9 Å². The number of nitro groups is 2. The van der Waals surface area contributed by atoms with Gasteiger partial charge in [-0.3, -0.25) is 20.2 Å². The second kappa shape index (κ2) is 8.35. The van der Waals surface area contributed by atoms with Crippen molar-refractivity contribution in [3.05, 3.63) is 61.1 Å². The second-order valence-electron chi connectivity index (χ2n) is 6.04. The van der Waals surface area contributed by atoms with Crippen LogP contribution >= 0.6 is 15.9 Å². The van der Waals surface area contributed by atoms with Crippen LogP contribution in [0.4, 0.5) is 28.7 Å². The van der Waals surface area contributed by atoms with E-state index < -0.39 is 21.2 Å². The molecule has 0 aliphatic rings. The predicted octanol–water partition coefficient (Wildman–Crippen LogP) is 4.80. The molecular formula is C18H17BrN6O4. The zero-order chi connectivity index (χ0) is 21.1. The molecule has 0 unspecified atom stereocenters. The number of halogens is 1. The van der Waals surface area contributed by atoms with Gasteiger partial charge in [-0.25, -0.2) is 9.97 Å². The SMILES string of the molecule is CCN(CC)c1nc2cc([N+](=O)[O-])c([N+](=O)[O-])cc2nc1Nc1ccc(Br)cc1. The fraction of sp³-hybridized carbons (Fsp3) is 0.222. The molecule has 1 heterocycles. The highest BCUT2D eigenvalue weighted by atomic mass is 79.9. The number of nitrogens with one attached hydrogen (secondary N) is 1. The van der Waals surface area contributed by atoms with E-state index in [0.717, 1.165) is 22.3 Å². The van der Waals surface area contributed by atoms with Gasteiger partial charge in [0.25, 0.3) is 0 Å². The third kappa shape index (κ3) is 4.24. The highest BCUT2D eigenvalue weighted by Crippen LogP contribution is 2.34. The average molecular weight is 461 g/mol. The summed E-state index contributed by atoms with van der Waals surface area (Å²) in [5, 5.41) is 25.7. The Labute approximate surface area is 174 Å². The molecule has 1 aromatic heterocycles. The van der Waals surface area contributed by atoms with Crippen LogP contribution in [0.1, 0.15) is 13.8 Å². The predicted molar refractivity (Wildman–Crippen MR) is 114 cm³/mol. The molecule has 0 atom stereocenters. The van der Waals surface area contributed by atoms with Gasteiger partial charge in [-0.2, -0.15) is 0 Å². The number of fused-ring (bicyclic) bond motifs is 1. The van der Waals surface area contributed by atoms with Gasteiger partial charge < -0.3 is 10.2 Å². The Morgan fingerprint density at radius 2 is 1.48 bits per heavy atom. The lowest BCUT2D eigenvalue weighted by molar-refractivity contribution is -0.422. The Morgan fingerprint density at radius 1 is 0.966 bits per heavy atom. The summed E-state index contributed by atoms with van der Waals surface area (Å²) < 4.78 is 0.916. The standard InChI is InChI=1S/C18H17BrN6O4/c1-3-23(4-2)18-17(20-12-7-5-11(19)6-8-12)21-13-9-15(24(26)27)16(25(28)29)10-14(13)22-18/h5-10H,3-4H2,1-2H3,(H,20,21). The summed E-state index contributed by atoms with van der Waals surface area (Å²) in [6.45, 7) is 5.19. The first-order valence-electron chi connectivity index (χ1n) is 8.76. The minimum Gasteiger partial charge on any atom is -0.354 e. The highest BCUT2D eigenvalue weighted by molar-refractivity contribution is 9.10. The van der Waals surface area contributed by atoms with E-state index in [-0.39, 0.29) is 11.0 Å². The topological polar surface area (TPSA) is 127 Å². The van der Waals surface area contributed by atoms with Gasteiger partial charge in [0.15, 0.2) is 11.6 Å². The zero-order valence-corrected chi connectivity index (χ0v) is 17.2. The Balaban J connectivity index is 2.22. The van der Waals surface area contributed by atoms with E-state index >= 15 is 0 Å². The fourth-order valence-electron chi connectivity index (χ4n) is 2.86.